The highest BCUT2D eigenvalue weighted by Gasteiger charge is 2.34. The maximum Gasteiger partial charge on any atom is 0.573 e. The fraction of sp³-hybridized carbons (Fsp3) is 0.176. The molecule has 10 nitrogen and oxygen atoms in total. The maximum absolute atomic E-state index is 13.9. The van der Waals surface area contributed by atoms with Crippen LogP contribution >= 0.6 is 11.6 Å². The number of aromatic nitrogens is 5. The van der Waals surface area contributed by atoms with Crippen LogP contribution in [0.2, 0.25) is 5.02 Å². The van der Waals surface area contributed by atoms with E-state index in [2.05, 4.69) is 30.6 Å². The van der Waals surface area contributed by atoms with Gasteiger partial charge in [0, 0.05) is 12.7 Å². The smallest absolute Gasteiger partial charge is 0.404 e. The predicted octanol–water partition coefficient (Wildman–Crippen LogP) is 3.28. The zero-order valence-electron chi connectivity index (χ0n) is 15.9. The fourth-order valence-electron chi connectivity index (χ4n) is 2.46. The molecule has 0 aliphatic carbocycles. The lowest BCUT2D eigenvalue weighted by molar-refractivity contribution is -0.274. The van der Waals surface area contributed by atoms with Crippen molar-refractivity contribution in [2.75, 3.05) is 10.6 Å². The summed E-state index contributed by atoms with van der Waals surface area (Å²) in [5, 5.41) is 14.4. The van der Waals surface area contributed by atoms with Crippen molar-refractivity contribution >= 4 is 35.1 Å². The molecule has 3 rings (SSSR count). The van der Waals surface area contributed by atoms with Crippen LogP contribution in [-0.4, -0.2) is 43.4 Å². The molecule has 0 unspecified atom stereocenters. The van der Waals surface area contributed by atoms with Gasteiger partial charge in [0.05, 0.1) is 10.6 Å². The van der Waals surface area contributed by atoms with E-state index in [-0.39, 0.29) is 11.5 Å². The van der Waals surface area contributed by atoms with Gasteiger partial charge in [0.15, 0.2) is 17.3 Å². The minimum absolute atomic E-state index is 0.0506. The lowest BCUT2D eigenvalue weighted by atomic mass is 10.1. The zero-order valence-corrected chi connectivity index (χ0v) is 16.7. The molecule has 0 saturated carbocycles. The lowest BCUT2D eigenvalue weighted by Crippen LogP contribution is -2.22. The number of halogens is 5. The summed E-state index contributed by atoms with van der Waals surface area (Å²) in [4.78, 5) is 28.5. The van der Waals surface area contributed by atoms with Crippen LogP contribution in [0.3, 0.4) is 0 Å². The van der Waals surface area contributed by atoms with Crippen LogP contribution in [0.1, 0.15) is 27.8 Å². The van der Waals surface area contributed by atoms with Crippen LogP contribution in [0.4, 0.5) is 29.2 Å². The monoisotopic (exact) mass is 473 g/mol. The van der Waals surface area contributed by atoms with Gasteiger partial charge < -0.3 is 10.1 Å². The van der Waals surface area contributed by atoms with Crippen molar-refractivity contribution in [2.24, 2.45) is 0 Å². The molecule has 3 aromatic rings. The molecule has 32 heavy (non-hydrogen) atoms. The Morgan fingerprint density at radius 2 is 1.94 bits per heavy atom. The molecule has 0 saturated heterocycles. The Hall–Kier alpha value is -3.81. The molecule has 0 fully saturated rings. The summed E-state index contributed by atoms with van der Waals surface area (Å²) in [6.07, 6.45) is -4.04. The number of rotatable bonds is 6. The van der Waals surface area contributed by atoms with Crippen LogP contribution in [-0.2, 0) is 6.54 Å². The van der Waals surface area contributed by atoms with Gasteiger partial charge >= 0.3 is 6.36 Å². The van der Waals surface area contributed by atoms with Gasteiger partial charge in [-0.3, -0.25) is 14.9 Å². The maximum atomic E-state index is 13.9. The number of hydrogen-bond donors (Lipinski definition) is 2. The number of aryl methyl sites for hydroxylation is 1. The van der Waals surface area contributed by atoms with Crippen molar-refractivity contribution < 1.29 is 31.9 Å². The molecule has 0 radical (unpaired) electrons. The topological polar surface area (TPSA) is 124 Å². The normalized spacial score (nSPS) is 11.2. The Morgan fingerprint density at radius 1 is 1.19 bits per heavy atom. The third-order valence-electron chi connectivity index (χ3n) is 3.84. The van der Waals surface area contributed by atoms with Crippen molar-refractivity contribution in [3.63, 3.8) is 0 Å². The molecule has 0 spiro atoms. The first-order valence-corrected chi connectivity index (χ1v) is 9.06. The fourth-order valence-corrected chi connectivity index (χ4v) is 2.75. The largest absolute Gasteiger partial charge is 0.573 e. The Morgan fingerprint density at radius 3 is 2.59 bits per heavy atom. The van der Waals surface area contributed by atoms with Gasteiger partial charge in [0.1, 0.15) is 5.69 Å². The summed E-state index contributed by atoms with van der Waals surface area (Å²) >= 11 is 6.13. The summed E-state index contributed by atoms with van der Waals surface area (Å²) < 4.78 is 57.4. The minimum Gasteiger partial charge on any atom is -0.404 e. The average Bonchev–Trinajstić information content (AvgIpc) is 3.16. The molecule has 2 amide bonds. The SMILES string of the molecule is CCn1nnnc1NC(=O)c1ccc(OC(F)(F)F)c(NC(=O)c2ncccc2F)c1Cl. The molecule has 2 N–H and O–H groups in total. The molecule has 2 aromatic heterocycles. The third kappa shape index (κ3) is 5.08. The van der Waals surface area contributed by atoms with E-state index in [1.54, 1.807) is 6.92 Å². The summed E-state index contributed by atoms with van der Waals surface area (Å²) in [6.45, 7) is 2.01. The predicted molar refractivity (Wildman–Crippen MR) is 102 cm³/mol. The second kappa shape index (κ2) is 9.13. The number of carbonyl (C=O) groups excluding carboxylic acids is 2. The average molecular weight is 474 g/mol. The highest BCUT2D eigenvalue weighted by atomic mass is 35.5. The molecular formula is C17H12ClF4N7O3. The van der Waals surface area contributed by atoms with Crippen molar-refractivity contribution in [3.05, 3.63) is 52.6 Å². The van der Waals surface area contributed by atoms with E-state index in [1.165, 1.54) is 10.7 Å². The van der Waals surface area contributed by atoms with Gasteiger partial charge in [-0.1, -0.05) is 16.7 Å². The van der Waals surface area contributed by atoms with E-state index in [4.69, 9.17) is 11.6 Å². The molecule has 0 aliphatic rings. The second-order valence-electron chi connectivity index (χ2n) is 5.91. The molecule has 15 heteroatoms. The number of alkyl halides is 3. The van der Waals surface area contributed by atoms with Crippen LogP contribution in [0.15, 0.2) is 30.5 Å². The Bertz CT molecular complexity index is 1170. The first-order chi connectivity index (χ1) is 15.1. The van der Waals surface area contributed by atoms with Crippen LogP contribution in [0, 0.1) is 5.82 Å². The summed E-state index contributed by atoms with van der Waals surface area (Å²) in [6, 6.07) is 3.85. The first-order valence-electron chi connectivity index (χ1n) is 8.68. The number of amides is 2. The highest BCUT2D eigenvalue weighted by molar-refractivity contribution is 6.38. The first kappa shape index (κ1) is 22.9. The Labute approximate surface area is 181 Å². The van der Waals surface area contributed by atoms with Gasteiger partial charge in [-0.2, -0.15) is 0 Å². The van der Waals surface area contributed by atoms with E-state index < -0.39 is 46.1 Å². The number of tetrazole rings is 1. The highest BCUT2D eigenvalue weighted by Crippen LogP contribution is 2.38. The molecule has 1 aromatic carbocycles. The van der Waals surface area contributed by atoms with Crippen LogP contribution < -0.4 is 15.4 Å². The van der Waals surface area contributed by atoms with Crippen molar-refractivity contribution in [1.29, 1.82) is 0 Å². The Balaban J connectivity index is 1.99. The van der Waals surface area contributed by atoms with E-state index in [1.807, 2.05) is 5.32 Å². The molecule has 168 valence electrons. The number of carbonyl (C=O) groups is 2. The number of benzene rings is 1. The summed E-state index contributed by atoms with van der Waals surface area (Å²) in [7, 11) is 0. The van der Waals surface area contributed by atoms with Crippen LogP contribution in [0.25, 0.3) is 0 Å². The van der Waals surface area contributed by atoms with Crippen molar-refractivity contribution in [1.82, 2.24) is 25.2 Å². The van der Waals surface area contributed by atoms with Crippen molar-refractivity contribution in [2.45, 2.75) is 19.8 Å². The van der Waals surface area contributed by atoms with Crippen molar-refractivity contribution in [3.8, 4) is 5.75 Å². The molecule has 2 heterocycles. The van der Waals surface area contributed by atoms with Gasteiger partial charge in [-0.05, 0) is 41.6 Å². The van der Waals surface area contributed by atoms with Gasteiger partial charge in [-0.25, -0.2) is 14.1 Å². The third-order valence-corrected chi connectivity index (χ3v) is 4.24. The number of hydrogen-bond acceptors (Lipinski definition) is 7. The van der Waals surface area contributed by atoms with Gasteiger partial charge in [0.25, 0.3) is 11.8 Å². The minimum atomic E-state index is -5.15. The van der Waals surface area contributed by atoms with E-state index >= 15 is 0 Å². The molecule has 0 atom stereocenters. The summed E-state index contributed by atoms with van der Waals surface area (Å²) in [5.41, 5.74) is -1.77. The standard InChI is InChI=1S/C17H12ClF4N7O3/c1-2-29-16(26-27-28-29)25-14(30)8-5-6-10(32-17(20,21)22)13(11(8)18)24-15(31)12-9(19)4-3-7-23-12/h3-7H,2H2,1H3,(H,24,31)(H,25,26,28,30). The number of ether oxygens (including phenoxy) is 1. The second-order valence-corrected chi connectivity index (χ2v) is 6.29. The lowest BCUT2D eigenvalue weighted by Gasteiger charge is -2.17. The quantitative estimate of drug-likeness (QED) is 0.526. The molecule has 0 aliphatic heterocycles. The van der Waals surface area contributed by atoms with E-state index in [0.717, 1.165) is 24.4 Å². The van der Waals surface area contributed by atoms with Crippen LogP contribution in [0.5, 0.6) is 5.75 Å². The van der Waals surface area contributed by atoms with E-state index in [0.29, 0.717) is 6.54 Å². The molecular weight excluding hydrogens is 462 g/mol. The van der Waals surface area contributed by atoms with E-state index in [9.17, 15) is 27.2 Å². The number of nitrogens with one attached hydrogen (secondary N) is 2. The number of anilines is 2. The number of pyridine rings is 1. The Kier molecular flexibility index (Phi) is 6.53. The summed E-state index contributed by atoms with van der Waals surface area (Å²) in [5.74, 6) is -4.12. The van der Waals surface area contributed by atoms with Gasteiger partial charge in [-0.15, -0.1) is 13.2 Å². The zero-order chi connectivity index (χ0) is 23.5. The van der Waals surface area contributed by atoms with Gasteiger partial charge in [0.2, 0.25) is 5.95 Å². The molecule has 0 bridgehead atoms. The number of nitrogens with zero attached hydrogens (tertiary/aromatic N) is 5.